The minimum absolute atomic E-state index is 0.238. The van der Waals surface area contributed by atoms with Gasteiger partial charge in [-0.3, -0.25) is 4.79 Å². The predicted octanol–water partition coefficient (Wildman–Crippen LogP) is 1.09. The summed E-state index contributed by atoms with van der Waals surface area (Å²) in [5, 5.41) is 14.6. The Labute approximate surface area is 146 Å². The lowest BCUT2D eigenvalue weighted by molar-refractivity contribution is -0.309. The van der Waals surface area contributed by atoms with Crippen LogP contribution in [-0.2, 0) is 11.8 Å². The van der Waals surface area contributed by atoms with Crippen LogP contribution in [0.2, 0.25) is 0 Å². The van der Waals surface area contributed by atoms with E-state index in [1.54, 1.807) is 43.8 Å². The van der Waals surface area contributed by atoms with Crippen LogP contribution in [-0.4, -0.2) is 36.7 Å². The second-order valence-electron chi connectivity index (χ2n) is 6.01. The number of hydrogen-bond donors (Lipinski definition) is 1. The predicted molar refractivity (Wildman–Crippen MR) is 91.7 cm³/mol. The molecule has 1 N–H and O–H groups in total. The van der Waals surface area contributed by atoms with Gasteiger partial charge >= 0.3 is 0 Å². The maximum Gasteiger partial charge on any atom is 0.268 e. The molecule has 0 fully saturated rings. The van der Waals surface area contributed by atoms with Gasteiger partial charge in [0.2, 0.25) is 0 Å². The van der Waals surface area contributed by atoms with Gasteiger partial charge < -0.3 is 29.3 Å². The van der Waals surface area contributed by atoms with Crippen LogP contribution < -0.4 is 19.9 Å². The SMILES string of the molecule is CC[C@@H](C)[C@H](NC(=O)c1cc2c(OC)cc(OC)cc2n1C)C(=O)[O-]. The number of hydrogen-bond acceptors (Lipinski definition) is 5. The van der Waals surface area contributed by atoms with Crippen LogP contribution >= 0.6 is 0 Å². The molecule has 1 aromatic heterocycles. The summed E-state index contributed by atoms with van der Waals surface area (Å²) in [6, 6.07) is 4.14. The molecule has 0 aliphatic carbocycles. The first-order chi connectivity index (χ1) is 11.8. The summed E-state index contributed by atoms with van der Waals surface area (Å²) < 4.78 is 12.3. The molecule has 2 rings (SSSR count). The van der Waals surface area contributed by atoms with Crippen molar-refractivity contribution in [1.82, 2.24) is 9.88 Å². The van der Waals surface area contributed by atoms with Gasteiger partial charge in [-0.25, -0.2) is 0 Å². The number of benzene rings is 1. The standard InChI is InChI=1S/C18H24N2O5/c1-6-10(2)16(18(22)23)19-17(21)14-9-12-13(20(14)3)7-11(24-4)8-15(12)25-5/h7-10,16H,6H2,1-5H3,(H,19,21)(H,22,23)/p-1/t10-,16+/m1/s1. The van der Waals surface area contributed by atoms with Gasteiger partial charge in [-0.05, 0) is 12.0 Å². The van der Waals surface area contributed by atoms with Crippen molar-refractivity contribution in [3.63, 3.8) is 0 Å². The molecule has 0 spiro atoms. The van der Waals surface area contributed by atoms with E-state index in [2.05, 4.69) is 5.32 Å². The zero-order chi connectivity index (χ0) is 18.7. The van der Waals surface area contributed by atoms with E-state index in [0.717, 1.165) is 10.9 Å². The lowest BCUT2D eigenvalue weighted by atomic mass is 9.99. The monoisotopic (exact) mass is 347 g/mol. The number of nitrogens with zero attached hydrogens (tertiary/aromatic N) is 1. The lowest BCUT2D eigenvalue weighted by Crippen LogP contribution is -2.51. The molecule has 0 saturated heterocycles. The van der Waals surface area contributed by atoms with E-state index in [1.807, 2.05) is 6.92 Å². The largest absolute Gasteiger partial charge is 0.548 e. The topological polar surface area (TPSA) is 92.6 Å². The van der Waals surface area contributed by atoms with Crippen molar-refractivity contribution in [3.05, 3.63) is 23.9 Å². The van der Waals surface area contributed by atoms with Crippen LogP contribution in [0.25, 0.3) is 10.9 Å². The van der Waals surface area contributed by atoms with Crippen LogP contribution in [0.15, 0.2) is 18.2 Å². The van der Waals surface area contributed by atoms with Gasteiger partial charge in [0.15, 0.2) is 0 Å². The molecule has 1 heterocycles. The van der Waals surface area contributed by atoms with E-state index >= 15 is 0 Å². The van der Waals surface area contributed by atoms with Gasteiger partial charge in [-0.1, -0.05) is 20.3 Å². The van der Waals surface area contributed by atoms with Crippen molar-refractivity contribution in [3.8, 4) is 11.5 Å². The number of aromatic nitrogens is 1. The Balaban J connectivity index is 2.45. The number of carboxylic acids is 1. The Kier molecular flexibility index (Phi) is 5.56. The number of ether oxygens (including phenoxy) is 2. The molecule has 7 heteroatoms. The molecule has 0 unspecified atom stereocenters. The minimum Gasteiger partial charge on any atom is -0.548 e. The van der Waals surface area contributed by atoms with Crippen LogP contribution in [0.4, 0.5) is 0 Å². The van der Waals surface area contributed by atoms with E-state index in [0.29, 0.717) is 23.6 Å². The summed E-state index contributed by atoms with van der Waals surface area (Å²) in [5.74, 6) is -0.833. The second-order valence-corrected chi connectivity index (χ2v) is 6.01. The zero-order valence-corrected chi connectivity index (χ0v) is 15.1. The Hall–Kier alpha value is -2.70. The van der Waals surface area contributed by atoms with E-state index in [4.69, 9.17) is 9.47 Å². The minimum atomic E-state index is -1.29. The third-order valence-electron chi connectivity index (χ3n) is 4.54. The first kappa shape index (κ1) is 18.6. The van der Waals surface area contributed by atoms with E-state index < -0.39 is 17.9 Å². The quantitative estimate of drug-likeness (QED) is 0.809. The van der Waals surface area contributed by atoms with Gasteiger partial charge in [0.05, 0.1) is 31.7 Å². The number of aryl methyl sites for hydroxylation is 1. The molecule has 2 aromatic rings. The maximum atomic E-state index is 12.6. The third kappa shape index (κ3) is 3.55. The number of amides is 1. The number of carbonyl (C=O) groups is 2. The number of carboxylic acid groups (broad SMARTS) is 1. The Morgan fingerprint density at radius 1 is 1.24 bits per heavy atom. The Morgan fingerprint density at radius 3 is 2.44 bits per heavy atom. The molecule has 0 radical (unpaired) electrons. The van der Waals surface area contributed by atoms with Gasteiger partial charge in [0.25, 0.3) is 5.91 Å². The van der Waals surface area contributed by atoms with Crippen molar-refractivity contribution in [2.75, 3.05) is 14.2 Å². The lowest BCUT2D eigenvalue weighted by Gasteiger charge is -2.25. The van der Waals surface area contributed by atoms with Crippen LogP contribution in [0.5, 0.6) is 11.5 Å². The van der Waals surface area contributed by atoms with E-state index in [-0.39, 0.29) is 5.92 Å². The fourth-order valence-electron chi connectivity index (χ4n) is 2.76. The maximum absolute atomic E-state index is 12.6. The summed E-state index contributed by atoms with van der Waals surface area (Å²) in [4.78, 5) is 24.0. The molecule has 25 heavy (non-hydrogen) atoms. The van der Waals surface area contributed by atoms with Crippen molar-refractivity contribution in [2.24, 2.45) is 13.0 Å². The highest BCUT2D eigenvalue weighted by atomic mass is 16.5. The van der Waals surface area contributed by atoms with Gasteiger partial charge in [0, 0.05) is 24.6 Å². The zero-order valence-electron chi connectivity index (χ0n) is 15.1. The van der Waals surface area contributed by atoms with Crippen LogP contribution in [0.1, 0.15) is 30.8 Å². The highest BCUT2D eigenvalue weighted by Gasteiger charge is 2.23. The molecule has 0 bridgehead atoms. The summed E-state index contributed by atoms with van der Waals surface area (Å²) in [6.45, 7) is 3.62. The molecule has 0 saturated carbocycles. The average molecular weight is 347 g/mol. The summed E-state index contributed by atoms with van der Waals surface area (Å²) in [7, 11) is 4.82. The van der Waals surface area contributed by atoms with Crippen LogP contribution in [0.3, 0.4) is 0 Å². The van der Waals surface area contributed by atoms with Gasteiger partial charge in [-0.15, -0.1) is 0 Å². The molecule has 2 atom stereocenters. The Bertz CT molecular complexity index is 796. The van der Waals surface area contributed by atoms with Crippen molar-refractivity contribution in [1.29, 1.82) is 0 Å². The molecule has 1 amide bonds. The number of fused-ring (bicyclic) bond motifs is 1. The molecular weight excluding hydrogens is 324 g/mol. The smallest absolute Gasteiger partial charge is 0.268 e. The van der Waals surface area contributed by atoms with Crippen molar-refractivity contribution in [2.45, 2.75) is 26.3 Å². The highest BCUT2D eigenvalue weighted by Crippen LogP contribution is 2.33. The van der Waals surface area contributed by atoms with Crippen molar-refractivity contribution >= 4 is 22.8 Å². The fourth-order valence-corrected chi connectivity index (χ4v) is 2.76. The van der Waals surface area contributed by atoms with Gasteiger partial charge in [0.1, 0.15) is 17.2 Å². The van der Waals surface area contributed by atoms with Gasteiger partial charge in [-0.2, -0.15) is 0 Å². The molecular formula is C18H23N2O5-. The molecule has 136 valence electrons. The summed E-state index contributed by atoms with van der Waals surface area (Å²) >= 11 is 0. The van der Waals surface area contributed by atoms with Crippen LogP contribution in [0, 0.1) is 5.92 Å². The number of methoxy groups -OCH3 is 2. The van der Waals surface area contributed by atoms with E-state index in [9.17, 15) is 14.7 Å². The first-order valence-electron chi connectivity index (χ1n) is 8.07. The average Bonchev–Trinajstić information content (AvgIpc) is 2.94. The number of aliphatic carboxylic acids is 1. The first-order valence-corrected chi connectivity index (χ1v) is 8.07. The fraction of sp³-hybridized carbons (Fsp3) is 0.444. The highest BCUT2D eigenvalue weighted by molar-refractivity contribution is 6.02. The van der Waals surface area contributed by atoms with E-state index in [1.165, 1.54) is 7.11 Å². The summed E-state index contributed by atoms with van der Waals surface area (Å²) in [6.07, 6.45) is 0.610. The molecule has 7 nitrogen and oxygen atoms in total. The molecule has 0 aliphatic heterocycles. The third-order valence-corrected chi connectivity index (χ3v) is 4.54. The normalized spacial score (nSPS) is 13.3. The molecule has 1 aromatic carbocycles. The summed E-state index contributed by atoms with van der Waals surface area (Å²) in [5.41, 5.74) is 1.07. The Morgan fingerprint density at radius 2 is 1.92 bits per heavy atom. The number of nitrogens with one attached hydrogen (secondary N) is 1. The second kappa shape index (κ2) is 7.46. The number of rotatable bonds is 7. The molecule has 0 aliphatic rings. The number of carbonyl (C=O) groups excluding carboxylic acids is 2. The van der Waals surface area contributed by atoms with Crippen molar-refractivity contribution < 1.29 is 24.2 Å².